The third kappa shape index (κ3) is 3.74. The van der Waals surface area contributed by atoms with Crippen LogP contribution in [0.25, 0.3) is 16.6 Å². The monoisotopic (exact) mass is 357 g/mol. The van der Waals surface area contributed by atoms with Crippen molar-refractivity contribution in [2.75, 3.05) is 12.3 Å². The summed E-state index contributed by atoms with van der Waals surface area (Å²) in [5.41, 5.74) is 2.85. The zero-order valence-corrected chi connectivity index (χ0v) is 14.9. The van der Waals surface area contributed by atoms with Crippen LogP contribution in [0.3, 0.4) is 0 Å². The van der Waals surface area contributed by atoms with Crippen molar-refractivity contribution < 1.29 is 9.59 Å². The first kappa shape index (κ1) is 17.2. The molecular formula is C17H19N5O2S. The molecule has 3 amide bonds. The Kier molecular flexibility index (Phi) is 5.18. The first-order valence-electron chi connectivity index (χ1n) is 8.04. The summed E-state index contributed by atoms with van der Waals surface area (Å²) in [5.74, 6) is -0.283. The number of imide groups is 1. The lowest BCUT2D eigenvalue weighted by molar-refractivity contribution is -0.117. The Hall–Kier alpha value is -2.61. The SMILES string of the molecule is CCCNC(=O)NC(=O)CSc1nnc2cc(C)c3ccccc3n12. The Balaban J connectivity index is 1.77. The van der Waals surface area contributed by atoms with E-state index in [1.165, 1.54) is 11.8 Å². The van der Waals surface area contributed by atoms with Crippen molar-refractivity contribution in [2.24, 2.45) is 0 Å². The Morgan fingerprint density at radius 3 is 2.84 bits per heavy atom. The standard InChI is InChI=1S/C17H19N5O2S/c1-3-8-18-16(24)19-15(23)10-25-17-21-20-14-9-11(2)12-6-4-5-7-13(12)22(14)17/h4-7,9H,3,8,10H2,1-2H3,(H2,18,19,23,24). The van der Waals surface area contributed by atoms with Crippen LogP contribution < -0.4 is 10.6 Å². The van der Waals surface area contributed by atoms with Gasteiger partial charge in [0.2, 0.25) is 5.91 Å². The second kappa shape index (κ2) is 7.52. The number of hydrogen-bond acceptors (Lipinski definition) is 5. The highest BCUT2D eigenvalue weighted by molar-refractivity contribution is 7.99. The molecule has 130 valence electrons. The molecule has 0 radical (unpaired) electrons. The summed E-state index contributed by atoms with van der Waals surface area (Å²) in [6.45, 7) is 4.51. The van der Waals surface area contributed by atoms with Crippen LogP contribution >= 0.6 is 11.8 Å². The highest BCUT2D eigenvalue weighted by atomic mass is 32.2. The summed E-state index contributed by atoms with van der Waals surface area (Å²) in [6, 6.07) is 9.49. The molecule has 0 saturated carbocycles. The molecule has 0 atom stereocenters. The van der Waals surface area contributed by atoms with Gasteiger partial charge in [0, 0.05) is 11.9 Å². The van der Waals surface area contributed by atoms with Crippen LogP contribution in [-0.2, 0) is 4.79 Å². The Morgan fingerprint density at radius 2 is 2.04 bits per heavy atom. The zero-order chi connectivity index (χ0) is 17.8. The minimum Gasteiger partial charge on any atom is -0.338 e. The van der Waals surface area contributed by atoms with E-state index < -0.39 is 6.03 Å². The second-order valence-electron chi connectivity index (χ2n) is 5.61. The minimum absolute atomic E-state index is 0.0859. The number of carbonyl (C=O) groups is 2. The maximum atomic E-state index is 11.9. The van der Waals surface area contributed by atoms with Gasteiger partial charge in [-0.2, -0.15) is 0 Å². The smallest absolute Gasteiger partial charge is 0.321 e. The maximum Gasteiger partial charge on any atom is 0.321 e. The lowest BCUT2D eigenvalue weighted by atomic mass is 10.1. The number of nitrogens with zero attached hydrogens (tertiary/aromatic N) is 3. The van der Waals surface area contributed by atoms with Gasteiger partial charge in [0.25, 0.3) is 0 Å². The fourth-order valence-corrected chi connectivity index (χ4v) is 3.30. The molecule has 3 aromatic rings. The fourth-order valence-electron chi connectivity index (χ4n) is 2.54. The van der Waals surface area contributed by atoms with Crippen LogP contribution in [0, 0.1) is 6.92 Å². The average molecular weight is 357 g/mol. The maximum absolute atomic E-state index is 11.9. The van der Waals surface area contributed by atoms with Gasteiger partial charge in [-0.05, 0) is 31.0 Å². The molecule has 1 aromatic carbocycles. The molecule has 0 bridgehead atoms. The second-order valence-corrected chi connectivity index (χ2v) is 6.56. The number of carbonyl (C=O) groups excluding carboxylic acids is 2. The minimum atomic E-state index is -0.473. The zero-order valence-electron chi connectivity index (χ0n) is 14.1. The van der Waals surface area contributed by atoms with Gasteiger partial charge in [-0.25, -0.2) is 4.79 Å². The number of aryl methyl sites for hydroxylation is 1. The molecule has 0 aliphatic heterocycles. The number of nitrogens with one attached hydrogen (secondary N) is 2. The Morgan fingerprint density at radius 1 is 1.24 bits per heavy atom. The number of benzene rings is 1. The molecule has 0 aliphatic rings. The van der Waals surface area contributed by atoms with Crippen LogP contribution in [0.15, 0.2) is 35.5 Å². The summed E-state index contributed by atoms with van der Waals surface area (Å²) >= 11 is 1.25. The number of fused-ring (bicyclic) bond motifs is 3. The normalized spacial score (nSPS) is 11.0. The number of para-hydroxylation sites is 1. The number of hydrogen-bond donors (Lipinski definition) is 2. The molecule has 2 aromatic heterocycles. The van der Waals surface area contributed by atoms with Crippen LogP contribution in [0.4, 0.5) is 4.79 Å². The topological polar surface area (TPSA) is 88.4 Å². The van der Waals surface area contributed by atoms with Crippen molar-refractivity contribution in [3.63, 3.8) is 0 Å². The van der Waals surface area contributed by atoms with Crippen LogP contribution in [0.2, 0.25) is 0 Å². The van der Waals surface area contributed by atoms with E-state index >= 15 is 0 Å². The highest BCUT2D eigenvalue weighted by Gasteiger charge is 2.14. The van der Waals surface area contributed by atoms with Gasteiger partial charge < -0.3 is 5.32 Å². The average Bonchev–Trinajstić information content (AvgIpc) is 3.01. The van der Waals surface area contributed by atoms with Crippen molar-refractivity contribution in [1.29, 1.82) is 0 Å². The van der Waals surface area contributed by atoms with Crippen LogP contribution in [0.5, 0.6) is 0 Å². The third-order valence-corrected chi connectivity index (χ3v) is 4.62. The number of aromatic nitrogens is 3. The van der Waals surface area contributed by atoms with Crippen LogP contribution in [0.1, 0.15) is 18.9 Å². The first-order chi connectivity index (χ1) is 12.1. The molecular weight excluding hydrogens is 338 g/mol. The quantitative estimate of drug-likeness (QED) is 0.685. The Bertz CT molecular complexity index is 937. The summed E-state index contributed by atoms with van der Waals surface area (Å²) in [5, 5.41) is 15.0. The first-order valence-corrected chi connectivity index (χ1v) is 9.02. The van der Waals surface area contributed by atoms with Gasteiger partial charge in [-0.15, -0.1) is 10.2 Å². The Labute approximate surface area is 149 Å². The van der Waals surface area contributed by atoms with Crippen molar-refractivity contribution in [3.05, 3.63) is 35.9 Å². The van der Waals surface area contributed by atoms with E-state index in [2.05, 4.69) is 20.8 Å². The summed E-state index contributed by atoms with van der Waals surface area (Å²) in [4.78, 5) is 23.4. The van der Waals surface area contributed by atoms with E-state index in [0.717, 1.165) is 28.5 Å². The molecule has 0 fully saturated rings. The number of urea groups is 1. The van der Waals surface area contributed by atoms with Crippen LogP contribution in [-0.4, -0.2) is 38.8 Å². The van der Waals surface area contributed by atoms with E-state index in [4.69, 9.17) is 0 Å². The van der Waals surface area contributed by atoms with E-state index in [1.54, 1.807) is 0 Å². The largest absolute Gasteiger partial charge is 0.338 e. The van der Waals surface area contributed by atoms with Gasteiger partial charge in [0.1, 0.15) is 0 Å². The number of pyridine rings is 1. The van der Waals surface area contributed by atoms with Crippen molar-refractivity contribution in [2.45, 2.75) is 25.4 Å². The third-order valence-electron chi connectivity index (χ3n) is 3.69. The van der Waals surface area contributed by atoms with E-state index in [-0.39, 0.29) is 11.7 Å². The van der Waals surface area contributed by atoms with E-state index in [9.17, 15) is 9.59 Å². The molecule has 0 spiro atoms. The molecule has 8 heteroatoms. The molecule has 2 N–H and O–H groups in total. The summed E-state index contributed by atoms with van der Waals surface area (Å²) in [7, 11) is 0. The number of rotatable bonds is 5. The molecule has 0 saturated heterocycles. The highest BCUT2D eigenvalue weighted by Crippen LogP contribution is 2.25. The molecule has 3 rings (SSSR count). The van der Waals surface area contributed by atoms with Crippen molar-refractivity contribution in [1.82, 2.24) is 25.2 Å². The molecule has 0 aliphatic carbocycles. The summed E-state index contributed by atoms with van der Waals surface area (Å²) in [6.07, 6.45) is 0.814. The van der Waals surface area contributed by atoms with Gasteiger partial charge in [-0.3, -0.25) is 14.5 Å². The van der Waals surface area contributed by atoms with Crippen molar-refractivity contribution in [3.8, 4) is 0 Å². The van der Waals surface area contributed by atoms with Gasteiger partial charge in [0.05, 0.1) is 11.3 Å². The molecule has 0 unspecified atom stereocenters. The number of amides is 3. The molecule has 25 heavy (non-hydrogen) atoms. The predicted molar refractivity (Wildman–Crippen MR) is 97.8 cm³/mol. The van der Waals surface area contributed by atoms with Gasteiger partial charge in [0.15, 0.2) is 10.8 Å². The van der Waals surface area contributed by atoms with E-state index in [0.29, 0.717) is 11.7 Å². The van der Waals surface area contributed by atoms with Gasteiger partial charge >= 0.3 is 6.03 Å². The summed E-state index contributed by atoms with van der Waals surface area (Å²) < 4.78 is 1.93. The van der Waals surface area contributed by atoms with E-state index in [1.807, 2.05) is 48.6 Å². The lowest BCUT2D eigenvalue weighted by Gasteiger charge is -2.07. The van der Waals surface area contributed by atoms with Crippen molar-refractivity contribution >= 4 is 40.3 Å². The number of thioether (sulfide) groups is 1. The predicted octanol–water partition coefficient (Wildman–Crippen LogP) is 2.52. The lowest BCUT2D eigenvalue weighted by Crippen LogP contribution is -2.40. The van der Waals surface area contributed by atoms with Gasteiger partial charge in [-0.1, -0.05) is 36.9 Å². The molecule has 2 heterocycles. The molecule has 7 nitrogen and oxygen atoms in total. The fraction of sp³-hybridized carbons (Fsp3) is 0.294.